The number of hydrogen-bond acceptors (Lipinski definition) is 4. The van der Waals surface area contributed by atoms with E-state index in [-0.39, 0.29) is 17.5 Å². The molecular weight excluding hydrogens is 290 g/mol. The number of nitrogens with one attached hydrogen (secondary N) is 1. The van der Waals surface area contributed by atoms with Gasteiger partial charge in [0.05, 0.1) is 17.9 Å². The molecule has 0 spiro atoms. The van der Waals surface area contributed by atoms with E-state index in [1.165, 1.54) is 4.31 Å². The van der Waals surface area contributed by atoms with Crippen LogP contribution >= 0.6 is 0 Å². The van der Waals surface area contributed by atoms with Crippen molar-refractivity contribution in [2.24, 2.45) is 0 Å². The monoisotopic (exact) mass is 311 g/mol. The summed E-state index contributed by atoms with van der Waals surface area (Å²) in [6, 6.07) is 3.44. The van der Waals surface area contributed by atoms with Crippen molar-refractivity contribution in [3.63, 3.8) is 0 Å². The summed E-state index contributed by atoms with van der Waals surface area (Å²) in [7, 11) is -3.63. The quantitative estimate of drug-likeness (QED) is 0.920. The van der Waals surface area contributed by atoms with Crippen LogP contribution in [0.25, 0.3) is 0 Å². The second kappa shape index (κ2) is 5.65. The van der Waals surface area contributed by atoms with Crippen molar-refractivity contribution in [2.75, 3.05) is 0 Å². The number of H-pyrrole nitrogens is 1. The first-order chi connectivity index (χ1) is 9.73. The highest BCUT2D eigenvalue weighted by Crippen LogP contribution is 2.25. The molecule has 0 unspecified atom stereocenters. The van der Waals surface area contributed by atoms with Crippen molar-refractivity contribution in [3.05, 3.63) is 35.0 Å². The minimum Gasteiger partial charge on any atom is -0.465 e. The van der Waals surface area contributed by atoms with Gasteiger partial charge in [-0.25, -0.2) is 8.42 Å². The molecule has 116 valence electrons. The molecule has 7 heteroatoms. The van der Waals surface area contributed by atoms with Crippen LogP contribution in [0, 0.1) is 20.8 Å². The van der Waals surface area contributed by atoms with Crippen molar-refractivity contribution < 1.29 is 12.8 Å². The molecular formula is C14H21N3O3S. The first-order valence-electron chi connectivity index (χ1n) is 6.82. The molecule has 21 heavy (non-hydrogen) atoms. The smallest absolute Gasteiger partial charge is 0.247 e. The summed E-state index contributed by atoms with van der Waals surface area (Å²) >= 11 is 0. The van der Waals surface area contributed by atoms with Crippen LogP contribution in [0.2, 0.25) is 0 Å². The van der Waals surface area contributed by atoms with Crippen LogP contribution in [-0.2, 0) is 16.6 Å². The molecule has 0 radical (unpaired) electrons. The van der Waals surface area contributed by atoms with Gasteiger partial charge in [0.1, 0.15) is 16.4 Å². The minimum absolute atomic E-state index is 0.186. The summed E-state index contributed by atoms with van der Waals surface area (Å²) in [5.41, 5.74) is 1.03. The first kappa shape index (κ1) is 15.8. The van der Waals surface area contributed by atoms with E-state index in [1.54, 1.807) is 19.9 Å². The van der Waals surface area contributed by atoms with E-state index < -0.39 is 10.0 Å². The van der Waals surface area contributed by atoms with Crippen molar-refractivity contribution in [1.82, 2.24) is 14.5 Å². The van der Waals surface area contributed by atoms with Gasteiger partial charge in [-0.2, -0.15) is 9.40 Å². The van der Waals surface area contributed by atoms with Crippen LogP contribution < -0.4 is 0 Å². The molecule has 1 N–H and O–H groups in total. The lowest BCUT2D eigenvalue weighted by Crippen LogP contribution is -2.36. The van der Waals surface area contributed by atoms with E-state index >= 15 is 0 Å². The molecule has 0 aromatic carbocycles. The second-order valence-electron chi connectivity index (χ2n) is 5.42. The molecule has 0 saturated heterocycles. The Kier molecular flexibility index (Phi) is 4.25. The lowest BCUT2D eigenvalue weighted by atomic mass is 10.3. The summed E-state index contributed by atoms with van der Waals surface area (Å²) in [6.45, 7) is 9.13. The third-order valence-corrected chi connectivity index (χ3v) is 5.60. The van der Waals surface area contributed by atoms with Crippen LogP contribution in [0.3, 0.4) is 0 Å². The highest BCUT2D eigenvalue weighted by atomic mass is 32.2. The maximum absolute atomic E-state index is 12.9. The van der Waals surface area contributed by atoms with Gasteiger partial charge in [0.15, 0.2) is 0 Å². The van der Waals surface area contributed by atoms with Gasteiger partial charge in [0.2, 0.25) is 10.0 Å². The molecule has 0 aliphatic heterocycles. The molecule has 2 rings (SSSR count). The fraction of sp³-hybridized carbons (Fsp3) is 0.500. The maximum atomic E-state index is 12.9. The normalized spacial score (nSPS) is 12.5. The van der Waals surface area contributed by atoms with E-state index in [0.717, 1.165) is 5.76 Å². The second-order valence-corrected chi connectivity index (χ2v) is 7.25. The highest BCUT2D eigenvalue weighted by Gasteiger charge is 2.32. The highest BCUT2D eigenvalue weighted by molar-refractivity contribution is 7.89. The predicted octanol–water partition coefficient (Wildman–Crippen LogP) is 2.53. The van der Waals surface area contributed by atoms with E-state index in [9.17, 15) is 8.42 Å². The molecule has 0 aliphatic carbocycles. The maximum Gasteiger partial charge on any atom is 0.247 e. The minimum atomic E-state index is -3.63. The fourth-order valence-electron chi connectivity index (χ4n) is 2.31. The molecule has 2 aromatic heterocycles. The van der Waals surface area contributed by atoms with Crippen molar-refractivity contribution in [3.8, 4) is 0 Å². The van der Waals surface area contributed by atoms with Gasteiger partial charge in [0.25, 0.3) is 0 Å². The van der Waals surface area contributed by atoms with Crippen LogP contribution in [0.1, 0.15) is 36.8 Å². The Bertz CT molecular complexity index is 709. The standard InChI is InChI=1S/C14H21N3O3S/c1-9(2)17(8-13-7-6-10(3)20-13)21(18,19)14-11(4)15-16-12(14)5/h6-7,9H,8H2,1-5H3,(H,15,16). The largest absolute Gasteiger partial charge is 0.465 e. The van der Waals surface area contributed by atoms with Crippen LogP contribution in [0.4, 0.5) is 0 Å². The molecule has 0 atom stereocenters. The van der Waals surface area contributed by atoms with Gasteiger partial charge in [-0.3, -0.25) is 5.10 Å². The number of rotatable bonds is 5. The molecule has 0 bridgehead atoms. The zero-order chi connectivity index (χ0) is 15.8. The Labute approximate surface area is 125 Å². The van der Waals surface area contributed by atoms with Crippen molar-refractivity contribution >= 4 is 10.0 Å². The predicted molar refractivity (Wildman–Crippen MR) is 79.4 cm³/mol. The van der Waals surface area contributed by atoms with Gasteiger partial charge in [-0.05, 0) is 46.8 Å². The summed E-state index contributed by atoms with van der Waals surface area (Å²) in [6.07, 6.45) is 0. The number of aryl methyl sites for hydroxylation is 3. The van der Waals surface area contributed by atoms with E-state index in [2.05, 4.69) is 10.2 Å². The summed E-state index contributed by atoms with van der Waals surface area (Å²) < 4.78 is 32.8. The number of sulfonamides is 1. The van der Waals surface area contributed by atoms with Gasteiger partial charge < -0.3 is 4.42 Å². The first-order valence-corrected chi connectivity index (χ1v) is 8.26. The average molecular weight is 311 g/mol. The Balaban J connectivity index is 2.42. The zero-order valence-electron chi connectivity index (χ0n) is 13.0. The Hall–Kier alpha value is -1.60. The number of aromatic nitrogens is 2. The average Bonchev–Trinajstić information content (AvgIpc) is 2.92. The molecule has 0 aliphatic rings. The number of hydrogen-bond donors (Lipinski definition) is 1. The van der Waals surface area contributed by atoms with E-state index in [4.69, 9.17) is 4.42 Å². The lowest BCUT2D eigenvalue weighted by Gasteiger charge is -2.25. The molecule has 0 saturated carbocycles. The van der Waals surface area contributed by atoms with Gasteiger partial charge in [0, 0.05) is 6.04 Å². The topological polar surface area (TPSA) is 79.2 Å². The number of nitrogens with zero attached hydrogens (tertiary/aromatic N) is 2. The summed E-state index contributed by atoms with van der Waals surface area (Å²) in [5, 5.41) is 6.71. The number of furan rings is 1. The Morgan fingerprint density at radius 1 is 1.29 bits per heavy atom. The molecule has 0 fully saturated rings. The van der Waals surface area contributed by atoms with Crippen LogP contribution in [-0.4, -0.2) is 29.0 Å². The Morgan fingerprint density at radius 3 is 2.38 bits per heavy atom. The van der Waals surface area contributed by atoms with E-state index in [0.29, 0.717) is 17.1 Å². The summed E-state index contributed by atoms with van der Waals surface area (Å²) in [5.74, 6) is 1.39. The SMILES string of the molecule is Cc1ccc(CN(C(C)C)S(=O)(=O)c2c(C)n[nH]c2C)o1. The third kappa shape index (κ3) is 3.03. The van der Waals surface area contributed by atoms with Crippen molar-refractivity contribution in [2.45, 2.75) is 52.1 Å². The van der Waals surface area contributed by atoms with Gasteiger partial charge >= 0.3 is 0 Å². The van der Waals surface area contributed by atoms with Gasteiger partial charge in [-0.15, -0.1) is 0 Å². The Morgan fingerprint density at radius 2 is 1.95 bits per heavy atom. The third-order valence-electron chi connectivity index (χ3n) is 3.31. The molecule has 2 aromatic rings. The van der Waals surface area contributed by atoms with Crippen LogP contribution in [0.5, 0.6) is 0 Å². The van der Waals surface area contributed by atoms with Gasteiger partial charge in [-0.1, -0.05) is 0 Å². The summed E-state index contributed by atoms with van der Waals surface area (Å²) in [4.78, 5) is 0.250. The van der Waals surface area contributed by atoms with Crippen LogP contribution in [0.15, 0.2) is 21.4 Å². The zero-order valence-corrected chi connectivity index (χ0v) is 13.8. The van der Waals surface area contributed by atoms with E-state index in [1.807, 2.05) is 26.8 Å². The van der Waals surface area contributed by atoms with Crippen molar-refractivity contribution in [1.29, 1.82) is 0 Å². The molecule has 0 amide bonds. The molecule has 2 heterocycles. The lowest BCUT2D eigenvalue weighted by molar-refractivity contribution is 0.314. The molecule has 6 nitrogen and oxygen atoms in total. The fourth-order valence-corrected chi connectivity index (χ4v) is 4.25. The number of aromatic amines is 1.